The maximum Gasteiger partial charge on any atom is 0.387 e. The highest BCUT2D eigenvalue weighted by molar-refractivity contribution is 5.76. The number of benzene rings is 1. The van der Waals surface area contributed by atoms with Crippen molar-refractivity contribution in [1.82, 2.24) is 4.90 Å². The number of carbonyl (C=O) groups is 1. The van der Waals surface area contributed by atoms with Gasteiger partial charge < -0.3 is 9.64 Å². The largest absolute Gasteiger partial charge is 0.435 e. The van der Waals surface area contributed by atoms with Gasteiger partial charge in [-0.25, -0.2) is 0 Å². The average Bonchev–Trinajstić information content (AvgIpc) is 2.28. The fraction of sp³-hybridized carbons (Fsp3) is 0.533. The van der Waals surface area contributed by atoms with Crippen LogP contribution in [0.15, 0.2) is 24.3 Å². The van der Waals surface area contributed by atoms with E-state index in [0.717, 1.165) is 5.56 Å². The van der Waals surface area contributed by atoms with Gasteiger partial charge in [0.15, 0.2) is 0 Å². The molecule has 112 valence electrons. The van der Waals surface area contributed by atoms with E-state index in [0.29, 0.717) is 13.0 Å². The van der Waals surface area contributed by atoms with Crippen molar-refractivity contribution in [2.45, 2.75) is 40.3 Å². The average molecular weight is 285 g/mol. The van der Waals surface area contributed by atoms with Crippen LogP contribution in [0.1, 0.15) is 32.8 Å². The predicted molar refractivity (Wildman–Crippen MR) is 73.6 cm³/mol. The number of rotatable bonds is 5. The Bertz CT molecular complexity index is 438. The fourth-order valence-electron chi connectivity index (χ4n) is 1.73. The van der Waals surface area contributed by atoms with Gasteiger partial charge in [0, 0.05) is 20.0 Å². The Hall–Kier alpha value is -1.65. The van der Waals surface area contributed by atoms with E-state index < -0.39 is 6.61 Å². The first-order valence-corrected chi connectivity index (χ1v) is 6.45. The summed E-state index contributed by atoms with van der Waals surface area (Å²) in [6.45, 7) is 3.65. The molecule has 5 heteroatoms. The van der Waals surface area contributed by atoms with E-state index in [4.69, 9.17) is 0 Å². The molecule has 0 N–H and O–H groups in total. The number of amides is 1. The van der Waals surface area contributed by atoms with Crippen molar-refractivity contribution in [1.29, 1.82) is 0 Å². The molecule has 1 rings (SSSR count). The number of ether oxygens (including phenoxy) is 1. The Labute approximate surface area is 118 Å². The highest BCUT2D eigenvalue weighted by Gasteiger charge is 2.19. The normalized spacial score (nSPS) is 11.6. The topological polar surface area (TPSA) is 29.5 Å². The molecule has 1 amide bonds. The Kier molecular flexibility index (Phi) is 5.48. The fourth-order valence-corrected chi connectivity index (χ4v) is 1.73. The molecule has 20 heavy (non-hydrogen) atoms. The molecule has 1 aromatic carbocycles. The first kappa shape index (κ1) is 16.4. The summed E-state index contributed by atoms with van der Waals surface area (Å²) in [5, 5.41) is 0. The Morgan fingerprint density at radius 3 is 2.25 bits per heavy atom. The molecule has 3 nitrogen and oxygen atoms in total. The van der Waals surface area contributed by atoms with E-state index in [1.54, 1.807) is 24.1 Å². The van der Waals surface area contributed by atoms with Crippen LogP contribution in [0.25, 0.3) is 0 Å². The van der Waals surface area contributed by atoms with Crippen LogP contribution in [0.2, 0.25) is 0 Å². The molecule has 0 atom stereocenters. The van der Waals surface area contributed by atoms with E-state index in [9.17, 15) is 13.6 Å². The molecular weight excluding hydrogens is 264 g/mol. The first-order valence-electron chi connectivity index (χ1n) is 6.45. The molecular formula is C15H21F2NO2. The predicted octanol–water partition coefficient (Wildman–Crippen LogP) is 3.68. The highest BCUT2D eigenvalue weighted by atomic mass is 19.3. The molecule has 0 saturated heterocycles. The first-order chi connectivity index (χ1) is 9.17. The van der Waals surface area contributed by atoms with Gasteiger partial charge in [-0.2, -0.15) is 8.78 Å². The van der Waals surface area contributed by atoms with Crippen LogP contribution in [-0.4, -0.2) is 24.5 Å². The van der Waals surface area contributed by atoms with E-state index in [1.165, 1.54) is 12.1 Å². The second-order valence-corrected chi connectivity index (χ2v) is 6.01. The summed E-state index contributed by atoms with van der Waals surface area (Å²) < 4.78 is 28.3. The second-order valence-electron chi connectivity index (χ2n) is 6.01. The molecule has 1 aromatic rings. The van der Waals surface area contributed by atoms with Gasteiger partial charge >= 0.3 is 6.61 Å². The third-order valence-electron chi connectivity index (χ3n) is 2.68. The standard InChI is InChI=1S/C15H21F2NO2/c1-15(2,3)9-13(19)18(4)10-11-5-7-12(8-6-11)20-14(16)17/h5-8,14H,9-10H2,1-4H3. The number of alkyl halides is 2. The third kappa shape index (κ3) is 5.99. The quantitative estimate of drug-likeness (QED) is 0.826. The van der Waals surface area contributed by atoms with Gasteiger partial charge in [0.05, 0.1) is 0 Å². The lowest BCUT2D eigenvalue weighted by atomic mass is 9.91. The van der Waals surface area contributed by atoms with Crippen LogP contribution in [-0.2, 0) is 11.3 Å². The van der Waals surface area contributed by atoms with Crippen molar-refractivity contribution in [2.75, 3.05) is 7.05 Å². The van der Waals surface area contributed by atoms with E-state index in [1.807, 2.05) is 20.8 Å². The summed E-state index contributed by atoms with van der Waals surface area (Å²) >= 11 is 0. The minimum Gasteiger partial charge on any atom is -0.435 e. The summed E-state index contributed by atoms with van der Waals surface area (Å²) in [7, 11) is 1.73. The summed E-state index contributed by atoms with van der Waals surface area (Å²) in [4.78, 5) is 13.6. The number of carbonyl (C=O) groups excluding carboxylic acids is 1. The lowest BCUT2D eigenvalue weighted by Crippen LogP contribution is -2.29. The summed E-state index contributed by atoms with van der Waals surface area (Å²) in [6.07, 6.45) is 0.468. The highest BCUT2D eigenvalue weighted by Crippen LogP contribution is 2.20. The van der Waals surface area contributed by atoms with Crippen molar-refractivity contribution in [3.8, 4) is 5.75 Å². The van der Waals surface area contributed by atoms with E-state index in [2.05, 4.69) is 4.74 Å². The van der Waals surface area contributed by atoms with E-state index in [-0.39, 0.29) is 17.1 Å². The Morgan fingerprint density at radius 1 is 1.25 bits per heavy atom. The minimum atomic E-state index is -2.82. The Morgan fingerprint density at radius 2 is 1.80 bits per heavy atom. The smallest absolute Gasteiger partial charge is 0.387 e. The molecule has 0 bridgehead atoms. The maximum atomic E-state index is 12.0. The Balaban J connectivity index is 2.58. The molecule has 0 saturated carbocycles. The van der Waals surface area contributed by atoms with Crippen molar-refractivity contribution in [3.05, 3.63) is 29.8 Å². The number of hydrogen-bond acceptors (Lipinski definition) is 2. The molecule has 0 heterocycles. The van der Waals surface area contributed by atoms with Crippen molar-refractivity contribution in [2.24, 2.45) is 5.41 Å². The minimum absolute atomic E-state index is 0.0553. The van der Waals surface area contributed by atoms with Gasteiger partial charge in [-0.05, 0) is 23.1 Å². The van der Waals surface area contributed by atoms with Gasteiger partial charge in [0.1, 0.15) is 5.75 Å². The molecule has 0 spiro atoms. The second kappa shape index (κ2) is 6.68. The number of halogens is 2. The van der Waals surface area contributed by atoms with Gasteiger partial charge in [0.2, 0.25) is 5.91 Å². The molecule has 0 fully saturated rings. The molecule has 0 aliphatic rings. The zero-order valence-electron chi connectivity index (χ0n) is 12.3. The zero-order valence-corrected chi connectivity index (χ0v) is 12.3. The monoisotopic (exact) mass is 285 g/mol. The third-order valence-corrected chi connectivity index (χ3v) is 2.68. The SMILES string of the molecule is CN(Cc1ccc(OC(F)F)cc1)C(=O)CC(C)(C)C. The van der Waals surface area contributed by atoms with Crippen molar-refractivity contribution in [3.63, 3.8) is 0 Å². The summed E-state index contributed by atoms with van der Waals surface area (Å²) in [6, 6.07) is 6.31. The van der Waals surface area contributed by atoms with Crippen molar-refractivity contribution >= 4 is 5.91 Å². The van der Waals surface area contributed by atoms with Crippen LogP contribution in [0, 0.1) is 5.41 Å². The van der Waals surface area contributed by atoms with Gasteiger partial charge in [-0.3, -0.25) is 4.79 Å². The lowest BCUT2D eigenvalue weighted by molar-refractivity contribution is -0.132. The molecule has 0 unspecified atom stereocenters. The van der Waals surface area contributed by atoms with Crippen LogP contribution in [0.3, 0.4) is 0 Å². The number of hydrogen-bond donors (Lipinski definition) is 0. The molecule has 0 radical (unpaired) electrons. The van der Waals surface area contributed by atoms with Gasteiger partial charge in [-0.15, -0.1) is 0 Å². The molecule has 0 aliphatic heterocycles. The van der Waals surface area contributed by atoms with Crippen LogP contribution in [0.4, 0.5) is 8.78 Å². The zero-order chi connectivity index (χ0) is 15.3. The van der Waals surface area contributed by atoms with Crippen LogP contribution in [0.5, 0.6) is 5.75 Å². The lowest BCUT2D eigenvalue weighted by Gasteiger charge is -2.23. The molecule has 0 aromatic heterocycles. The maximum absolute atomic E-state index is 12.0. The van der Waals surface area contributed by atoms with Crippen molar-refractivity contribution < 1.29 is 18.3 Å². The number of nitrogens with zero attached hydrogens (tertiary/aromatic N) is 1. The summed E-state index contributed by atoms with van der Waals surface area (Å²) in [5.41, 5.74) is 0.816. The van der Waals surface area contributed by atoms with Crippen LogP contribution >= 0.6 is 0 Å². The van der Waals surface area contributed by atoms with E-state index >= 15 is 0 Å². The van der Waals surface area contributed by atoms with Gasteiger partial charge in [0.25, 0.3) is 0 Å². The van der Waals surface area contributed by atoms with Crippen LogP contribution < -0.4 is 4.74 Å². The molecule has 0 aliphatic carbocycles. The summed E-state index contributed by atoms with van der Waals surface area (Å²) in [5.74, 6) is 0.179. The van der Waals surface area contributed by atoms with Gasteiger partial charge in [-0.1, -0.05) is 32.9 Å².